The molecule has 1 aromatic heterocycles. The van der Waals surface area contributed by atoms with E-state index < -0.39 is 10.1 Å². The van der Waals surface area contributed by atoms with E-state index >= 15 is 0 Å². The summed E-state index contributed by atoms with van der Waals surface area (Å²) in [5.74, 6) is 0.436. The van der Waals surface area contributed by atoms with E-state index in [1.54, 1.807) is 0 Å². The van der Waals surface area contributed by atoms with Gasteiger partial charge in [0.15, 0.2) is 0 Å². The second-order valence-corrected chi connectivity index (χ2v) is 6.15. The largest absolute Gasteiger partial charge is 0.377 e. The molecule has 0 aliphatic carbocycles. The fraction of sp³-hybridized carbons (Fsp3) is 0.600. The molecule has 0 amide bonds. The van der Waals surface area contributed by atoms with E-state index in [2.05, 4.69) is 9.97 Å². The van der Waals surface area contributed by atoms with Crippen LogP contribution >= 0.6 is 11.6 Å². The summed E-state index contributed by atoms with van der Waals surface area (Å²) in [6.45, 7) is 3.78. The van der Waals surface area contributed by atoms with Crippen LogP contribution in [0.15, 0.2) is 6.07 Å². The van der Waals surface area contributed by atoms with Crippen LogP contribution in [0.3, 0.4) is 0 Å². The summed E-state index contributed by atoms with van der Waals surface area (Å²) in [5.41, 5.74) is 0. The maximum absolute atomic E-state index is 11.1. The van der Waals surface area contributed by atoms with Crippen LogP contribution < -0.4 is 9.08 Å². The molecule has 0 aromatic carbocycles. The minimum Gasteiger partial charge on any atom is -0.377 e. The molecule has 1 aliphatic heterocycles. The molecule has 0 spiro atoms. The number of ether oxygens (including phenoxy) is 1. The van der Waals surface area contributed by atoms with Gasteiger partial charge in [-0.05, 0) is 18.5 Å². The van der Waals surface area contributed by atoms with Gasteiger partial charge in [0.25, 0.3) is 0 Å². The van der Waals surface area contributed by atoms with Gasteiger partial charge < -0.3 is 13.8 Å². The van der Waals surface area contributed by atoms with Crippen molar-refractivity contribution in [2.24, 2.45) is 0 Å². The molecule has 1 aliphatic rings. The number of aromatic nitrogens is 2. The molecule has 1 unspecified atom stereocenters. The van der Waals surface area contributed by atoms with Crippen LogP contribution in [0.25, 0.3) is 0 Å². The highest BCUT2D eigenvalue weighted by atomic mass is 35.5. The molecule has 1 aromatic rings. The van der Waals surface area contributed by atoms with Gasteiger partial charge in [0, 0.05) is 12.6 Å². The van der Waals surface area contributed by atoms with E-state index in [9.17, 15) is 8.42 Å². The number of nitrogens with zero attached hydrogens (tertiary/aromatic N) is 3. The predicted octanol–water partition coefficient (Wildman–Crippen LogP) is 0.694. The first kappa shape index (κ1) is 14.3. The van der Waals surface area contributed by atoms with E-state index in [0.29, 0.717) is 25.6 Å². The van der Waals surface area contributed by atoms with E-state index in [-0.39, 0.29) is 17.2 Å². The molecule has 9 heteroatoms. The van der Waals surface area contributed by atoms with E-state index in [1.807, 2.05) is 11.8 Å². The number of morpholine rings is 1. The maximum Gasteiger partial charge on any atom is 0.307 e. The minimum atomic E-state index is -3.65. The summed E-state index contributed by atoms with van der Waals surface area (Å²) in [6.07, 6.45) is 0.944. The van der Waals surface area contributed by atoms with Crippen molar-refractivity contribution in [1.82, 2.24) is 9.97 Å². The average molecular weight is 308 g/mol. The highest BCUT2D eigenvalue weighted by Gasteiger charge is 2.22. The van der Waals surface area contributed by atoms with Crippen molar-refractivity contribution in [1.29, 1.82) is 0 Å². The average Bonchev–Trinajstić information content (AvgIpc) is 2.26. The van der Waals surface area contributed by atoms with Gasteiger partial charge in [0.05, 0.1) is 25.5 Å². The number of halogens is 1. The van der Waals surface area contributed by atoms with Crippen LogP contribution in [0, 0.1) is 0 Å². The Bertz CT molecular complexity index is 566. The van der Waals surface area contributed by atoms with Crippen molar-refractivity contribution in [3.63, 3.8) is 0 Å². The first-order valence-corrected chi connectivity index (χ1v) is 7.83. The summed E-state index contributed by atoms with van der Waals surface area (Å²) in [6, 6.07) is 1.57. The van der Waals surface area contributed by atoms with Crippen LogP contribution in [0.5, 0.6) is 5.88 Å². The second kappa shape index (κ2) is 5.48. The summed E-state index contributed by atoms with van der Waals surface area (Å²) >= 11 is 5.79. The molecule has 2 heterocycles. The molecule has 1 atom stereocenters. The molecule has 7 nitrogen and oxygen atoms in total. The van der Waals surface area contributed by atoms with Crippen molar-refractivity contribution in [3.8, 4) is 5.88 Å². The smallest absolute Gasteiger partial charge is 0.307 e. The van der Waals surface area contributed by atoms with Crippen LogP contribution in [-0.2, 0) is 14.9 Å². The van der Waals surface area contributed by atoms with E-state index in [1.165, 1.54) is 6.07 Å². The standard InChI is InChI=1S/C10H14ClN3O4S/c1-7-6-17-4-3-14(7)8-5-9(13-10(11)12-8)18-19(2,15)16/h5,7H,3-4,6H2,1-2H3. The first-order chi connectivity index (χ1) is 8.85. The molecular formula is C10H14ClN3O4S. The molecule has 19 heavy (non-hydrogen) atoms. The van der Waals surface area contributed by atoms with Crippen LogP contribution in [0.1, 0.15) is 6.92 Å². The summed E-state index contributed by atoms with van der Waals surface area (Å²) in [4.78, 5) is 9.79. The topological polar surface area (TPSA) is 81.6 Å². The van der Waals surface area contributed by atoms with Crippen molar-refractivity contribution in [2.45, 2.75) is 13.0 Å². The minimum absolute atomic E-state index is 0.0603. The predicted molar refractivity (Wildman–Crippen MR) is 70.1 cm³/mol. The quantitative estimate of drug-likeness (QED) is 0.600. The number of rotatable bonds is 3. The molecule has 1 saturated heterocycles. The van der Waals surface area contributed by atoms with Crippen molar-refractivity contribution in [2.75, 3.05) is 30.9 Å². The van der Waals surface area contributed by atoms with Gasteiger partial charge in [-0.25, -0.2) is 4.98 Å². The molecular weight excluding hydrogens is 294 g/mol. The zero-order valence-electron chi connectivity index (χ0n) is 10.5. The number of anilines is 1. The Morgan fingerprint density at radius 1 is 1.53 bits per heavy atom. The molecule has 106 valence electrons. The summed E-state index contributed by atoms with van der Waals surface area (Å²) < 4.78 is 32.3. The van der Waals surface area contributed by atoms with Gasteiger partial charge in [-0.15, -0.1) is 0 Å². The zero-order chi connectivity index (χ0) is 14.0. The Morgan fingerprint density at radius 3 is 2.89 bits per heavy atom. The molecule has 1 fully saturated rings. The molecule has 0 saturated carbocycles. The molecule has 2 rings (SSSR count). The van der Waals surface area contributed by atoms with Crippen molar-refractivity contribution < 1.29 is 17.3 Å². The van der Waals surface area contributed by atoms with Gasteiger partial charge in [0.2, 0.25) is 11.2 Å². The van der Waals surface area contributed by atoms with Crippen LogP contribution in [0.4, 0.5) is 5.82 Å². The Balaban J connectivity index is 2.30. The number of hydrogen-bond donors (Lipinski definition) is 0. The normalized spacial score (nSPS) is 20.4. The summed E-state index contributed by atoms with van der Waals surface area (Å²) in [7, 11) is -3.65. The van der Waals surface area contributed by atoms with Crippen molar-refractivity contribution >= 4 is 27.5 Å². The molecule has 0 radical (unpaired) electrons. The number of hydrogen-bond acceptors (Lipinski definition) is 7. The second-order valence-electron chi connectivity index (χ2n) is 4.24. The Hall–Kier alpha value is -1.12. The van der Waals surface area contributed by atoms with Gasteiger partial charge in [0.1, 0.15) is 5.82 Å². The summed E-state index contributed by atoms with van der Waals surface area (Å²) in [5, 5.41) is -0.0603. The van der Waals surface area contributed by atoms with Crippen LogP contribution in [0.2, 0.25) is 5.28 Å². The Morgan fingerprint density at radius 2 is 2.26 bits per heavy atom. The fourth-order valence-corrected chi connectivity index (χ4v) is 2.36. The third kappa shape index (κ3) is 3.92. The highest BCUT2D eigenvalue weighted by molar-refractivity contribution is 7.86. The monoisotopic (exact) mass is 307 g/mol. The lowest BCUT2D eigenvalue weighted by Gasteiger charge is -2.34. The van der Waals surface area contributed by atoms with Crippen molar-refractivity contribution in [3.05, 3.63) is 11.3 Å². The first-order valence-electron chi connectivity index (χ1n) is 5.63. The SMILES string of the molecule is CC1COCCN1c1cc(OS(C)(=O)=O)nc(Cl)n1. The third-order valence-corrected chi connectivity index (χ3v) is 3.20. The van der Waals surface area contributed by atoms with E-state index in [0.717, 1.165) is 6.26 Å². The lowest BCUT2D eigenvalue weighted by molar-refractivity contribution is 0.0985. The highest BCUT2D eigenvalue weighted by Crippen LogP contribution is 2.23. The van der Waals surface area contributed by atoms with Gasteiger partial charge in [-0.1, -0.05) is 0 Å². The molecule has 0 bridgehead atoms. The lowest BCUT2D eigenvalue weighted by atomic mass is 10.2. The zero-order valence-corrected chi connectivity index (χ0v) is 12.1. The Labute approximate surface area is 116 Å². The Kier molecular flexibility index (Phi) is 4.12. The van der Waals surface area contributed by atoms with E-state index in [4.69, 9.17) is 20.5 Å². The van der Waals surface area contributed by atoms with Gasteiger partial charge in [-0.3, -0.25) is 0 Å². The fourth-order valence-electron chi connectivity index (χ4n) is 1.80. The van der Waals surface area contributed by atoms with Gasteiger partial charge in [-0.2, -0.15) is 13.4 Å². The third-order valence-electron chi connectivity index (χ3n) is 2.56. The van der Waals surface area contributed by atoms with Gasteiger partial charge >= 0.3 is 10.1 Å². The lowest BCUT2D eigenvalue weighted by Crippen LogP contribution is -2.44. The van der Waals surface area contributed by atoms with Crippen LogP contribution in [-0.4, -0.2) is 50.4 Å². The molecule has 0 N–H and O–H groups in total. The maximum atomic E-state index is 11.1.